The zero-order valence-electron chi connectivity index (χ0n) is 14.4. The van der Waals surface area contributed by atoms with Gasteiger partial charge in [0.05, 0.1) is 24.2 Å². The Morgan fingerprint density at radius 3 is 2.80 bits per heavy atom. The van der Waals surface area contributed by atoms with Gasteiger partial charge in [-0.15, -0.1) is 11.3 Å². The van der Waals surface area contributed by atoms with E-state index in [4.69, 9.17) is 9.84 Å². The first kappa shape index (κ1) is 17.8. The van der Waals surface area contributed by atoms with Gasteiger partial charge >= 0.3 is 5.69 Å². The van der Waals surface area contributed by atoms with Crippen molar-refractivity contribution < 1.29 is 14.6 Å². The Morgan fingerprint density at radius 2 is 2.12 bits per heavy atom. The first-order chi connectivity index (χ1) is 11.7. The molecule has 2 aromatic rings. The quantitative estimate of drug-likeness (QED) is 0.774. The van der Waals surface area contributed by atoms with Crippen LogP contribution in [0.4, 0.5) is 0 Å². The maximum atomic E-state index is 12.9. The number of ether oxygens (including phenoxy) is 1. The van der Waals surface area contributed by atoms with Crippen LogP contribution in [0.2, 0.25) is 0 Å². The second-order valence-corrected chi connectivity index (χ2v) is 7.80. The number of aliphatic hydroxyl groups is 1. The number of aryl methyl sites for hydroxylation is 1. The number of nitrogens with one attached hydrogen (secondary N) is 1. The highest BCUT2D eigenvalue weighted by molar-refractivity contribution is 7.18. The summed E-state index contributed by atoms with van der Waals surface area (Å²) in [6.45, 7) is 3.84. The van der Waals surface area contributed by atoms with Crippen LogP contribution in [-0.4, -0.2) is 38.9 Å². The summed E-state index contributed by atoms with van der Waals surface area (Å²) in [5.41, 5.74) is -0.463. The van der Waals surface area contributed by atoms with Crippen molar-refractivity contribution in [1.82, 2.24) is 14.5 Å². The molecule has 3 heterocycles. The number of aliphatic hydroxyl groups excluding tert-OH is 1. The van der Waals surface area contributed by atoms with Crippen LogP contribution in [0.1, 0.15) is 24.3 Å². The summed E-state index contributed by atoms with van der Waals surface area (Å²) in [4.78, 5) is 38.9. The lowest BCUT2D eigenvalue weighted by Crippen LogP contribution is -2.43. The van der Waals surface area contributed by atoms with E-state index in [0.29, 0.717) is 23.2 Å². The van der Waals surface area contributed by atoms with Gasteiger partial charge in [0.25, 0.3) is 5.56 Å². The number of hydrogen-bond donors (Lipinski definition) is 2. The van der Waals surface area contributed by atoms with Crippen molar-refractivity contribution in [3.05, 3.63) is 31.3 Å². The zero-order valence-corrected chi connectivity index (χ0v) is 15.2. The Hall–Kier alpha value is -1.97. The van der Waals surface area contributed by atoms with Crippen LogP contribution in [0.15, 0.2) is 9.59 Å². The molecular weight excluding hydrogens is 346 g/mol. The lowest BCUT2D eigenvalue weighted by molar-refractivity contribution is -0.121. The van der Waals surface area contributed by atoms with E-state index in [1.165, 1.54) is 15.9 Å². The maximum Gasteiger partial charge on any atom is 0.332 e. The monoisotopic (exact) mass is 367 g/mol. The van der Waals surface area contributed by atoms with Crippen molar-refractivity contribution in [3.8, 4) is 0 Å². The normalized spacial score (nSPS) is 16.0. The SMILES string of the molecule is Cn1c(=O)n(CC(=O)NCCO)c(=O)c2c3c(sc21)COC(C)(C)C3. The topological polar surface area (TPSA) is 103 Å². The molecule has 0 unspecified atom stereocenters. The molecule has 0 bridgehead atoms. The average Bonchev–Trinajstić information content (AvgIpc) is 2.92. The number of carbonyl (C=O) groups is 1. The van der Waals surface area contributed by atoms with Crippen LogP contribution >= 0.6 is 11.3 Å². The standard InChI is InChI=1S/C16H21N3O5S/c1-16(2)6-9-10(8-24-16)25-14-12(9)13(22)19(15(23)18(14)3)7-11(21)17-4-5-20/h20H,4-8H2,1-3H3,(H,17,21). The summed E-state index contributed by atoms with van der Waals surface area (Å²) in [6.07, 6.45) is 0.576. The summed E-state index contributed by atoms with van der Waals surface area (Å²) in [7, 11) is 1.60. The molecule has 1 aliphatic heterocycles. The highest BCUT2D eigenvalue weighted by Gasteiger charge is 2.31. The Bertz CT molecular complexity index is 953. The van der Waals surface area contributed by atoms with Crippen molar-refractivity contribution in [1.29, 1.82) is 0 Å². The van der Waals surface area contributed by atoms with E-state index in [1.807, 2.05) is 13.8 Å². The van der Waals surface area contributed by atoms with Crippen LogP contribution in [0, 0.1) is 0 Å². The van der Waals surface area contributed by atoms with Crippen molar-refractivity contribution in [2.24, 2.45) is 7.05 Å². The Kier molecular flexibility index (Phi) is 4.56. The number of fused-ring (bicyclic) bond motifs is 3. The number of rotatable bonds is 4. The third-order valence-corrected chi connectivity index (χ3v) is 5.57. The Labute approximate surface area is 147 Å². The number of carbonyl (C=O) groups excluding carboxylic acids is 1. The van der Waals surface area contributed by atoms with E-state index in [2.05, 4.69) is 5.32 Å². The molecule has 0 fully saturated rings. The first-order valence-corrected chi connectivity index (χ1v) is 8.82. The minimum Gasteiger partial charge on any atom is -0.395 e. The lowest BCUT2D eigenvalue weighted by Gasteiger charge is -2.29. The summed E-state index contributed by atoms with van der Waals surface area (Å²) in [6, 6.07) is 0. The van der Waals surface area contributed by atoms with Gasteiger partial charge in [-0.25, -0.2) is 4.79 Å². The van der Waals surface area contributed by atoms with Crippen molar-refractivity contribution in [2.75, 3.05) is 13.2 Å². The summed E-state index contributed by atoms with van der Waals surface area (Å²) < 4.78 is 8.15. The number of hydrogen-bond acceptors (Lipinski definition) is 6. The molecule has 9 heteroatoms. The van der Waals surface area contributed by atoms with E-state index in [1.54, 1.807) is 7.05 Å². The number of thiophene rings is 1. The molecule has 8 nitrogen and oxygen atoms in total. The predicted octanol–water partition coefficient (Wildman–Crippen LogP) is -0.278. The van der Waals surface area contributed by atoms with Gasteiger partial charge in [-0.1, -0.05) is 0 Å². The van der Waals surface area contributed by atoms with Crippen LogP contribution in [0.25, 0.3) is 10.2 Å². The predicted molar refractivity (Wildman–Crippen MR) is 94.0 cm³/mol. The highest BCUT2D eigenvalue weighted by Crippen LogP contribution is 2.36. The van der Waals surface area contributed by atoms with Gasteiger partial charge in [0.1, 0.15) is 11.4 Å². The molecule has 0 spiro atoms. The maximum absolute atomic E-state index is 12.9. The van der Waals surface area contributed by atoms with Crippen LogP contribution in [-0.2, 0) is 36.2 Å². The molecule has 0 aliphatic carbocycles. The van der Waals surface area contributed by atoms with Gasteiger partial charge in [0, 0.05) is 24.9 Å². The third-order valence-electron chi connectivity index (χ3n) is 4.29. The van der Waals surface area contributed by atoms with E-state index in [-0.39, 0.29) is 25.3 Å². The molecule has 25 heavy (non-hydrogen) atoms. The fourth-order valence-electron chi connectivity index (χ4n) is 3.02. The van der Waals surface area contributed by atoms with Crippen LogP contribution < -0.4 is 16.6 Å². The summed E-state index contributed by atoms with van der Waals surface area (Å²) >= 11 is 1.39. The summed E-state index contributed by atoms with van der Waals surface area (Å²) in [5.74, 6) is -0.486. The molecule has 136 valence electrons. The Balaban J connectivity index is 2.16. The highest BCUT2D eigenvalue weighted by atomic mass is 32.1. The average molecular weight is 367 g/mol. The zero-order chi connectivity index (χ0) is 18.4. The second kappa shape index (κ2) is 6.40. The summed E-state index contributed by atoms with van der Waals surface area (Å²) in [5, 5.41) is 11.7. The first-order valence-electron chi connectivity index (χ1n) is 8.01. The van der Waals surface area contributed by atoms with Crippen molar-refractivity contribution in [2.45, 2.75) is 39.0 Å². The molecule has 1 amide bonds. The van der Waals surface area contributed by atoms with Gasteiger partial charge in [0.2, 0.25) is 5.91 Å². The second-order valence-electron chi connectivity index (χ2n) is 6.72. The molecule has 0 radical (unpaired) electrons. The molecule has 2 aromatic heterocycles. The van der Waals surface area contributed by atoms with Gasteiger partial charge in [0.15, 0.2) is 0 Å². The van der Waals surface area contributed by atoms with Crippen molar-refractivity contribution >= 4 is 27.5 Å². The number of amides is 1. The molecular formula is C16H21N3O5S. The molecule has 3 rings (SSSR count). The van der Waals surface area contributed by atoms with Gasteiger partial charge in [-0.05, 0) is 19.4 Å². The third kappa shape index (κ3) is 3.14. The smallest absolute Gasteiger partial charge is 0.332 e. The van der Waals surface area contributed by atoms with Gasteiger partial charge in [-0.2, -0.15) is 0 Å². The largest absolute Gasteiger partial charge is 0.395 e. The van der Waals surface area contributed by atoms with E-state index in [0.717, 1.165) is 15.0 Å². The van der Waals surface area contributed by atoms with Gasteiger partial charge in [-0.3, -0.25) is 18.7 Å². The van der Waals surface area contributed by atoms with Crippen molar-refractivity contribution in [3.63, 3.8) is 0 Å². The van der Waals surface area contributed by atoms with E-state index >= 15 is 0 Å². The van der Waals surface area contributed by atoms with E-state index < -0.39 is 17.2 Å². The van der Waals surface area contributed by atoms with Crippen LogP contribution in [0.3, 0.4) is 0 Å². The van der Waals surface area contributed by atoms with E-state index in [9.17, 15) is 14.4 Å². The van der Waals surface area contributed by atoms with Crippen LogP contribution in [0.5, 0.6) is 0 Å². The molecule has 0 saturated carbocycles. The fraction of sp³-hybridized carbons (Fsp3) is 0.562. The molecule has 2 N–H and O–H groups in total. The Morgan fingerprint density at radius 1 is 1.40 bits per heavy atom. The molecule has 0 saturated heterocycles. The minimum atomic E-state index is -0.532. The molecule has 0 atom stereocenters. The minimum absolute atomic E-state index is 0.0789. The van der Waals surface area contributed by atoms with Gasteiger partial charge < -0.3 is 15.2 Å². The molecule has 1 aliphatic rings. The lowest BCUT2D eigenvalue weighted by atomic mass is 9.94. The number of nitrogens with zero attached hydrogens (tertiary/aromatic N) is 2. The molecule has 0 aromatic carbocycles. The fourth-order valence-corrected chi connectivity index (χ4v) is 4.20. The number of aromatic nitrogens is 2.